The Labute approximate surface area is 275 Å². The predicted octanol–water partition coefficient (Wildman–Crippen LogP) is 5.02. The lowest BCUT2D eigenvalue weighted by molar-refractivity contribution is -0.102. The third-order valence-corrected chi connectivity index (χ3v) is 9.72. The second kappa shape index (κ2) is 14.1. The summed E-state index contributed by atoms with van der Waals surface area (Å²) in [4.78, 5) is 28.4. The van der Waals surface area contributed by atoms with Crippen LogP contribution in [-0.4, -0.2) is 59.9 Å². The van der Waals surface area contributed by atoms with Crippen molar-refractivity contribution in [1.82, 2.24) is 24.6 Å². The molecule has 1 aliphatic carbocycles. The number of aryl methyl sites for hydroxylation is 2. The first-order chi connectivity index (χ1) is 22.7. The van der Waals surface area contributed by atoms with Crippen LogP contribution in [0.4, 0.5) is 0 Å². The summed E-state index contributed by atoms with van der Waals surface area (Å²) >= 11 is 0. The molecule has 11 nitrogen and oxygen atoms in total. The van der Waals surface area contributed by atoms with Gasteiger partial charge in [0.1, 0.15) is 5.82 Å². The SMILES string of the molecule is CCCc1c(Cc2ccc(-c3ccccc3C3=NC(O)ON3)cc2)c(=O)n(C2CCC(OCC(O)(CC)CC)CC2)c2nc(C)nn12. The molecule has 2 aromatic heterocycles. The van der Waals surface area contributed by atoms with Crippen molar-refractivity contribution in [3.05, 3.63) is 87.1 Å². The maximum Gasteiger partial charge on any atom is 0.280 e. The molecule has 0 radical (unpaired) electrons. The van der Waals surface area contributed by atoms with Crippen LogP contribution in [0.2, 0.25) is 0 Å². The van der Waals surface area contributed by atoms with Crippen molar-refractivity contribution in [2.45, 2.75) is 110 Å². The number of aromatic nitrogens is 4. The van der Waals surface area contributed by atoms with Crippen LogP contribution in [0.5, 0.6) is 0 Å². The number of ether oxygens (including phenoxy) is 1. The first-order valence-electron chi connectivity index (χ1n) is 16.9. The number of nitrogens with zero attached hydrogens (tertiary/aromatic N) is 5. The summed E-state index contributed by atoms with van der Waals surface area (Å²) in [5.74, 6) is 1.73. The van der Waals surface area contributed by atoms with Crippen LogP contribution in [0.1, 0.15) is 100.0 Å². The van der Waals surface area contributed by atoms with Gasteiger partial charge < -0.3 is 14.9 Å². The highest BCUT2D eigenvalue weighted by Gasteiger charge is 2.31. The number of benzene rings is 2. The first-order valence-corrected chi connectivity index (χ1v) is 16.9. The molecule has 0 saturated heterocycles. The number of aliphatic imine (C=N–C) groups is 1. The summed E-state index contributed by atoms with van der Waals surface area (Å²) in [6.07, 6.45) is 5.47. The third kappa shape index (κ3) is 6.89. The van der Waals surface area contributed by atoms with E-state index in [4.69, 9.17) is 19.7 Å². The molecule has 11 heteroatoms. The molecule has 1 aliphatic heterocycles. The zero-order chi connectivity index (χ0) is 33.1. The van der Waals surface area contributed by atoms with Gasteiger partial charge in [-0.15, -0.1) is 0 Å². The summed E-state index contributed by atoms with van der Waals surface area (Å²) in [6, 6.07) is 16.0. The number of aliphatic hydroxyl groups is 2. The van der Waals surface area contributed by atoms with Crippen molar-refractivity contribution in [2.75, 3.05) is 6.61 Å². The molecule has 2 aliphatic rings. The number of fused-ring (bicyclic) bond motifs is 1. The Balaban J connectivity index is 1.29. The van der Waals surface area contributed by atoms with Gasteiger partial charge in [-0.2, -0.15) is 10.1 Å². The Bertz CT molecular complexity index is 1780. The second-order valence-corrected chi connectivity index (χ2v) is 12.8. The molecule has 0 amide bonds. The van der Waals surface area contributed by atoms with Gasteiger partial charge in [-0.25, -0.2) is 19.8 Å². The van der Waals surface area contributed by atoms with Crippen LogP contribution in [0.15, 0.2) is 58.3 Å². The summed E-state index contributed by atoms with van der Waals surface area (Å²) in [7, 11) is 0. The number of hydrogen-bond acceptors (Lipinski definition) is 9. The van der Waals surface area contributed by atoms with E-state index < -0.39 is 12.0 Å². The van der Waals surface area contributed by atoms with Crippen molar-refractivity contribution >= 4 is 11.6 Å². The smallest absolute Gasteiger partial charge is 0.280 e. The van der Waals surface area contributed by atoms with E-state index in [-0.39, 0.29) is 17.7 Å². The lowest BCUT2D eigenvalue weighted by Crippen LogP contribution is -2.37. The maximum absolute atomic E-state index is 14.5. The predicted molar refractivity (Wildman–Crippen MR) is 180 cm³/mol. The molecular formula is C36H46N6O5. The lowest BCUT2D eigenvalue weighted by Gasteiger charge is -2.33. The quantitative estimate of drug-likeness (QED) is 0.196. The van der Waals surface area contributed by atoms with Gasteiger partial charge in [0.2, 0.25) is 5.78 Å². The van der Waals surface area contributed by atoms with Crippen molar-refractivity contribution in [2.24, 2.45) is 4.99 Å². The molecule has 4 aromatic rings. The van der Waals surface area contributed by atoms with Gasteiger partial charge in [-0.05, 0) is 68.6 Å². The van der Waals surface area contributed by atoms with Crippen molar-refractivity contribution in [3.63, 3.8) is 0 Å². The van der Waals surface area contributed by atoms with Gasteiger partial charge in [0.15, 0.2) is 5.84 Å². The second-order valence-electron chi connectivity index (χ2n) is 12.8. The number of rotatable bonds is 12. The highest BCUT2D eigenvalue weighted by atomic mass is 16.7. The van der Waals surface area contributed by atoms with E-state index >= 15 is 0 Å². The highest BCUT2D eigenvalue weighted by molar-refractivity contribution is 6.04. The van der Waals surface area contributed by atoms with Crippen LogP contribution < -0.4 is 11.0 Å². The number of amidine groups is 1. The minimum Gasteiger partial charge on any atom is -0.388 e. The number of nitrogens with one attached hydrogen (secondary N) is 1. The molecule has 0 spiro atoms. The molecule has 250 valence electrons. The Hall–Kier alpha value is -3.90. The van der Waals surface area contributed by atoms with E-state index in [1.165, 1.54) is 0 Å². The molecule has 1 unspecified atom stereocenters. The van der Waals surface area contributed by atoms with Crippen LogP contribution in [0.3, 0.4) is 0 Å². The summed E-state index contributed by atoms with van der Waals surface area (Å²) in [5, 5.41) is 25.2. The maximum atomic E-state index is 14.5. The fourth-order valence-electron chi connectivity index (χ4n) is 6.77. The molecule has 3 heterocycles. The minimum absolute atomic E-state index is 0.00218. The van der Waals surface area contributed by atoms with Crippen molar-refractivity contribution in [3.8, 4) is 11.1 Å². The molecular weight excluding hydrogens is 596 g/mol. The monoisotopic (exact) mass is 642 g/mol. The fraction of sp³-hybridized carbons (Fsp3) is 0.500. The molecule has 6 rings (SSSR count). The minimum atomic E-state index is -1.23. The number of aliphatic hydroxyl groups excluding tert-OH is 1. The Morgan fingerprint density at radius 2 is 1.72 bits per heavy atom. The molecule has 1 saturated carbocycles. The third-order valence-electron chi connectivity index (χ3n) is 9.72. The molecule has 1 atom stereocenters. The Kier molecular flexibility index (Phi) is 9.88. The summed E-state index contributed by atoms with van der Waals surface area (Å²) < 4.78 is 9.96. The lowest BCUT2D eigenvalue weighted by atomic mass is 9.91. The van der Waals surface area contributed by atoms with Crippen LogP contribution in [0.25, 0.3) is 16.9 Å². The van der Waals surface area contributed by atoms with Crippen LogP contribution in [-0.2, 0) is 22.4 Å². The molecule has 1 fully saturated rings. The van der Waals surface area contributed by atoms with E-state index in [2.05, 4.69) is 41.7 Å². The van der Waals surface area contributed by atoms with Gasteiger partial charge >= 0.3 is 0 Å². The summed E-state index contributed by atoms with van der Waals surface area (Å²) in [6.45, 7) is 8.31. The standard InChI is InChI=1S/C36H46N6O5/c1-5-10-31-30(21-24-13-15-25(16-14-24)28-11-8-9-12-29(28)32-38-35(44)47-40-32)33(43)41(34-37-23(4)39-42(31)34)26-17-19-27(20-18-26)46-22-36(45,6-2)7-3/h8-9,11-16,26-27,35,44-45H,5-7,10,17-22H2,1-4H3,(H,38,40). The van der Waals surface area contributed by atoms with Gasteiger partial charge in [-0.1, -0.05) is 75.7 Å². The van der Waals surface area contributed by atoms with Crippen LogP contribution >= 0.6 is 0 Å². The number of hydrogen-bond donors (Lipinski definition) is 3. The average Bonchev–Trinajstić information content (AvgIpc) is 3.71. The Morgan fingerprint density at radius 3 is 2.36 bits per heavy atom. The molecule has 0 bridgehead atoms. The average molecular weight is 643 g/mol. The largest absolute Gasteiger partial charge is 0.388 e. The van der Waals surface area contributed by atoms with E-state index in [1.807, 2.05) is 54.1 Å². The Morgan fingerprint density at radius 1 is 1.02 bits per heavy atom. The zero-order valence-electron chi connectivity index (χ0n) is 27.8. The summed E-state index contributed by atoms with van der Waals surface area (Å²) in [5.41, 5.74) is 7.36. The van der Waals surface area contributed by atoms with E-state index in [9.17, 15) is 15.0 Å². The van der Waals surface area contributed by atoms with E-state index in [0.717, 1.165) is 72.0 Å². The fourth-order valence-corrected chi connectivity index (χ4v) is 6.77. The topological polar surface area (TPSA) is 136 Å². The normalized spacial score (nSPS) is 20.0. The van der Waals surface area contributed by atoms with Gasteiger partial charge in [0.25, 0.3) is 12.0 Å². The van der Waals surface area contributed by atoms with E-state index in [1.54, 1.807) is 0 Å². The molecule has 3 N–H and O–H groups in total. The van der Waals surface area contributed by atoms with Crippen LogP contribution in [0, 0.1) is 6.92 Å². The van der Waals surface area contributed by atoms with E-state index in [0.29, 0.717) is 43.3 Å². The zero-order valence-corrected chi connectivity index (χ0v) is 27.8. The first kappa shape index (κ1) is 33.0. The number of hydroxylamine groups is 1. The van der Waals surface area contributed by atoms with Gasteiger partial charge in [0, 0.05) is 23.6 Å². The van der Waals surface area contributed by atoms with Gasteiger partial charge in [-0.3, -0.25) is 9.36 Å². The molecule has 2 aromatic carbocycles. The molecule has 47 heavy (non-hydrogen) atoms. The van der Waals surface area contributed by atoms with Crippen molar-refractivity contribution < 1.29 is 19.8 Å². The van der Waals surface area contributed by atoms with Gasteiger partial charge in [0.05, 0.1) is 24.0 Å². The highest BCUT2D eigenvalue weighted by Crippen LogP contribution is 2.32. The van der Waals surface area contributed by atoms with Crippen molar-refractivity contribution in [1.29, 1.82) is 0 Å².